The van der Waals surface area contributed by atoms with Crippen molar-refractivity contribution in [1.29, 1.82) is 0 Å². The highest BCUT2D eigenvalue weighted by Crippen LogP contribution is 2.20. The van der Waals surface area contributed by atoms with E-state index in [4.69, 9.17) is 9.26 Å². The molecule has 1 aliphatic heterocycles. The SMILES string of the molecule is Cc1ccc2onc(CC(=O)NCC3CCCO3)c2c1. The minimum absolute atomic E-state index is 0.0443. The van der Waals surface area contributed by atoms with Crippen molar-refractivity contribution in [2.75, 3.05) is 13.2 Å². The maximum absolute atomic E-state index is 11.9. The van der Waals surface area contributed by atoms with E-state index in [2.05, 4.69) is 10.5 Å². The van der Waals surface area contributed by atoms with Crippen LogP contribution in [-0.2, 0) is 16.0 Å². The highest BCUT2D eigenvalue weighted by Gasteiger charge is 2.17. The second-order valence-electron chi connectivity index (χ2n) is 5.24. The van der Waals surface area contributed by atoms with Crippen LogP contribution >= 0.6 is 0 Å². The van der Waals surface area contributed by atoms with E-state index in [1.807, 2.05) is 25.1 Å². The highest BCUT2D eigenvalue weighted by atomic mass is 16.5. The van der Waals surface area contributed by atoms with Gasteiger partial charge in [0.05, 0.1) is 12.5 Å². The number of hydrogen-bond donors (Lipinski definition) is 1. The van der Waals surface area contributed by atoms with E-state index in [0.29, 0.717) is 12.2 Å². The van der Waals surface area contributed by atoms with Gasteiger partial charge in [-0.3, -0.25) is 4.79 Å². The Bertz CT molecular complexity index is 615. The molecular weight excluding hydrogens is 256 g/mol. The number of hydrogen-bond acceptors (Lipinski definition) is 4. The minimum Gasteiger partial charge on any atom is -0.376 e. The Morgan fingerprint density at radius 3 is 3.20 bits per heavy atom. The van der Waals surface area contributed by atoms with Gasteiger partial charge in [-0.25, -0.2) is 0 Å². The fourth-order valence-corrected chi connectivity index (χ4v) is 2.48. The lowest BCUT2D eigenvalue weighted by Gasteiger charge is -2.10. The van der Waals surface area contributed by atoms with Crippen LogP contribution in [0.2, 0.25) is 0 Å². The van der Waals surface area contributed by atoms with E-state index in [0.717, 1.165) is 36.0 Å². The topological polar surface area (TPSA) is 64.4 Å². The van der Waals surface area contributed by atoms with Crippen molar-refractivity contribution >= 4 is 16.9 Å². The molecule has 0 radical (unpaired) electrons. The van der Waals surface area contributed by atoms with Crippen LogP contribution in [0.5, 0.6) is 0 Å². The van der Waals surface area contributed by atoms with Crippen LogP contribution in [0.15, 0.2) is 22.7 Å². The summed E-state index contributed by atoms with van der Waals surface area (Å²) in [5, 5.41) is 7.80. The van der Waals surface area contributed by atoms with E-state index >= 15 is 0 Å². The van der Waals surface area contributed by atoms with Gasteiger partial charge in [0.15, 0.2) is 5.58 Å². The first-order valence-electron chi connectivity index (χ1n) is 6.95. The molecule has 3 rings (SSSR count). The summed E-state index contributed by atoms with van der Waals surface area (Å²) in [6, 6.07) is 5.84. The molecule has 1 amide bonds. The zero-order valence-corrected chi connectivity index (χ0v) is 11.5. The third kappa shape index (κ3) is 2.82. The van der Waals surface area contributed by atoms with Gasteiger partial charge in [0.25, 0.3) is 0 Å². The fraction of sp³-hybridized carbons (Fsp3) is 0.467. The summed E-state index contributed by atoms with van der Waals surface area (Å²) in [6.07, 6.45) is 2.50. The number of ether oxygens (including phenoxy) is 1. The molecule has 1 N–H and O–H groups in total. The van der Waals surface area contributed by atoms with E-state index in [-0.39, 0.29) is 18.4 Å². The number of rotatable bonds is 4. The van der Waals surface area contributed by atoms with E-state index in [9.17, 15) is 4.79 Å². The van der Waals surface area contributed by atoms with Crippen molar-refractivity contribution in [1.82, 2.24) is 10.5 Å². The summed E-state index contributed by atoms with van der Waals surface area (Å²) in [5.41, 5.74) is 2.53. The van der Waals surface area contributed by atoms with E-state index in [1.54, 1.807) is 0 Å². The molecule has 20 heavy (non-hydrogen) atoms. The Morgan fingerprint density at radius 2 is 2.40 bits per heavy atom. The van der Waals surface area contributed by atoms with Crippen molar-refractivity contribution < 1.29 is 14.1 Å². The van der Waals surface area contributed by atoms with Gasteiger partial charge in [0.2, 0.25) is 5.91 Å². The first kappa shape index (κ1) is 13.1. The molecule has 1 atom stereocenters. The van der Waals surface area contributed by atoms with Gasteiger partial charge in [-0.05, 0) is 31.9 Å². The number of amides is 1. The smallest absolute Gasteiger partial charge is 0.226 e. The van der Waals surface area contributed by atoms with Crippen LogP contribution in [0.3, 0.4) is 0 Å². The Kier molecular flexibility index (Phi) is 3.69. The average molecular weight is 274 g/mol. The van der Waals surface area contributed by atoms with Crippen LogP contribution in [0, 0.1) is 6.92 Å². The zero-order chi connectivity index (χ0) is 13.9. The molecule has 106 valence electrons. The maximum Gasteiger partial charge on any atom is 0.226 e. The van der Waals surface area contributed by atoms with Gasteiger partial charge in [0.1, 0.15) is 5.69 Å². The lowest BCUT2D eigenvalue weighted by atomic mass is 10.1. The number of nitrogens with one attached hydrogen (secondary N) is 1. The highest BCUT2D eigenvalue weighted by molar-refractivity contribution is 5.86. The lowest BCUT2D eigenvalue weighted by Crippen LogP contribution is -2.32. The van der Waals surface area contributed by atoms with Crippen molar-refractivity contribution in [2.24, 2.45) is 0 Å². The van der Waals surface area contributed by atoms with Crippen LogP contribution in [-0.4, -0.2) is 30.3 Å². The second kappa shape index (κ2) is 5.63. The molecule has 0 spiro atoms. The molecule has 0 aliphatic carbocycles. The number of aryl methyl sites for hydroxylation is 1. The Hall–Kier alpha value is -1.88. The molecular formula is C15H18N2O3. The minimum atomic E-state index is -0.0443. The molecule has 1 unspecified atom stereocenters. The molecule has 1 aromatic carbocycles. The lowest BCUT2D eigenvalue weighted by molar-refractivity contribution is -0.121. The standard InChI is InChI=1S/C15H18N2O3/c1-10-4-5-14-12(7-10)13(17-20-14)8-15(18)16-9-11-3-2-6-19-11/h4-5,7,11H,2-3,6,8-9H2,1H3,(H,16,18). The van der Waals surface area contributed by atoms with Gasteiger partial charge >= 0.3 is 0 Å². The summed E-state index contributed by atoms with van der Waals surface area (Å²) in [5.74, 6) is -0.0443. The molecule has 2 aromatic rings. The maximum atomic E-state index is 11.9. The second-order valence-corrected chi connectivity index (χ2v) is 5.24. The van der Waals surface area contributed by atoms with Crippen LogP contribution in [0.25, 0.3) is 11.0 Å². The first-order chi connectivity index (χ1) is 9.72. The molecule has 5 nitrogen and oxygen atoms in total. The Labute approximate surface area is 117 Å². The van der Waals surface area contributed by atoms with E-state index in [1.165, 1.54) is 0 Å². The van der Waals surface area contributed by atoms with Gasteiger partial charge in [-0.1, -0.05) is 16.8 Å². The number of nitrogens with zero attached hydrogens (tertiary/aromatic N) is 1. The third-order valence-electron chi connectivity index (χ3n) is 3.58. The quantitative estimate of drug-likeness (QED) is 0.925. The van der Waals surface area contributed by atoms with Crippen LogP contribution in [0.1, 0.15) is 24.1 Å². The summed E-state index contributed by atoms with van der Waals surface area (Å²) in [7, 11) is 0. The number of benzene rings is 1. The van der Waals surface area contributed by atoms with Gasteiger partial charge < -0.3 is 14.6 Å². The number of carbonyl (C=O) groups is 1. The zero-order valence-electron chi connectivity index (χ0n) is 11.5. The van der Waals surface area contributed by atoms with Crippen molar-refractivity contribution in [2.45, 2.75) is 32.3 Å². The number of aromatic nitrogens is 1. The largest absolute Gasteiger partial charge is 0.376 e. The first-order valence-corrected chi connectivity index (χ1v) is 6.95. The third-order valence-corrected chi connectivity index (χ3v) is 3.58. The van der Waals surface area contributed by atoms with Crippen molar-refractivity contribution in [3.63, 3.8) is 0 Å². The molecule has 5 heteroatoms. The van der Waals surface area contributed by atoms with Crippen LogP contribution in [0.4, 0.5) is 0 Å². The molecule has 0 saturated carbocycles. The summed E-state index contributed by atoms with van der Waals surface area (Å²) in [4.78, 5) is 11.9. The summed E-state index contributed by atoms with van der Waals surface area (Å²) in [6.45, 7) is 3.38. The summed E-state index contributed by atoms with van der Waals surface area (Å²) >= 11 is 0. The van der Waals surface area contributed by atoms with Gasteiger partial charge in [-0.2, -0.15) is 0 Å². The Morgan fingerprint density at radius 1 is 1.50 bits per heavy atom. The molecule has 0 bridgehead atoms. The van der Waals surface area contributed by atoms with Crippen molar-refractivity contribution in [3.8, 4) is 0 Å². The molecule has 1 aliphatic rings. The average Bonchev–Trinajstić information content (AvgIpc) is 3.07. The fourth-order valence-electron chi connectivity index (χ4n) is 2.48. The Balaban J connectivity index is 1.63. The summed E-state index contributed by atoms with van der Waals surface area (Å²) < 4.78 is 10.7. The number of carbonyl (C=O) groups excluding carboxylic acids is 1. The normalized spacial score (nSPS) is 18.6. The number of fused-ring (bicyclic) bond motifs is 1. The molecule has 2 heterocycles. The molecule has 1 aromatic heterocycles. The van der Waals surface area contributed by atoms with E-state index < -0.39 is 0 Å². The predicted molar refractivity (Wildman–Crippen MR) is 74.4 cm³/mol. The predicted octanol–water partition coefficient (Wildman–Crippen LogP) is 1.97. The monoisotopic (exact) mass is 274 g/mol. The van der Waals surface area contributed by atoms with Gasteiger partial charge in [-0.15, -0.1) is 0 Å². The van der Waals surface area contributed by atoms with Crippen LogP contribution < -0.4 is 5.32 Å². The van der Waals surface area contributed by atoms with Crippen molar-refractivity contribution in [3.05, 3.63) is 29.5 Å². The van der Waals surface area contributed by atoms with Gasteiger partial charge in [0, 0.05) is 18.5 Å². The molecule has 1 fully saturated rings. The molecule has 1 saturated heterocycles.